The zero-order valence-electron chi connectivity index (χ0n) is 8.64. The minimum Gasteiger partial charge on any atom is -0.468 e. The van der Waals surface area contributed by atoms with Gasteiger partial charge in [-0.05, 0) is 12.1 Å². The van der Waals surface area contributed by atoms with Gasteiger partial charge in [-0.1, -0.05) is 15.9 Å². The third kappa shape index (κ3) is 3.62. The number of hydrogen-bond donors (Lipinski definition) is 1. The second-order valence-corrected chi connectivity index (χ2v) is 4.04. The number of carbonyl (C=O) groups is 2. The molecule has 0 bridgehead atoms. The summed E-state index contributed by atoms with van der Waals surface area (Å²) in [6.45, 7) is 0.174. The number of nitrogens with zero attached hydrogens (tertiary/aromatic N) is 1. The van der Waals surface area contributed by atoms with Gasteiger partial charge in [0, 0.05) is 24.5 Å². The van der Waals surface area contributed by atoms with Crippen molar-refractivity contribution >= 4 is 27.8 Å². The van der Waals surface area contributed by atoms with Gasteiger partial charge in [0.2, 0.25) is 0 Å². The number of carbonyl (C=O) groups excluding carboxylic acids is 2. The molecule has 1 rings (SSSR count). The summed E-state index contributed by atoms with van der Waals surface area (Å²) in [5, 5.41) is 2.60. The normalized spacial score (nSPS) is 11.6. The Labute approximate surface area is 101 Å². The molecule has 16 heavy (non-hydrogen) atoms. The van der Waals surface area contributed by atoms with Crippen LogP contribution in [0.25, 0.3) is 0 Å². The van der Waals surface area contributed by atoms with Gasteiger partial charge in [0.15, 0.2) is 0 Å². The monoisotopic (exact) mass is 286 g/mol. The van der Waals surface area contributed by atoms with Gasteiger partial charge in [-0.15, -0.1) is 0 Å². The van der Waals surface area contributed by atoms with E-state index in [0.29, 0.717) is 5.56 Å². The molecule has 1 unspecified atom stereocenters. The van der Waals surface area contributed by atoms with Crippen molar-refractivity contribution in [3.8, 4) is 0 Å². The van der Waals surface area contributed by atoms with Crippen molar-refractivity contribution < 1.29 is 14.3 Å². The Morgan fingerprint density at radius 2 is 2.12 bits per heavy atom. The van der Waals surface area contributed by atoms with Crippen molar-refractivity contribution in [2.24, 2.45) is 0 Å². The molecule has 1 heterocycles. The molecule has 1 aromatic rings. The van der Waals surface area contributed by atoms with Crippen LogP contribution in [-0.4, -0.2) is 35.3 Å². The quantitative estimate of drug-likeness (QED) is 0.655. The summed E-state index contributed by atoms with van der Waals surface area (Å²) in [7, 11) is 1.29. The van der Waals surface area contributed by atoms with Gasteiger partial charge >= 0.3 is 5.97 Å². The van der Waals surface area contributed by atoms with Crippen LogP contribution in [0.15, 0.2) is 24.5 Å². The first-order valence-electron chi connectivity index (χ1n) is 4.55. The summed E-state index contributed by atoms with van der Waals surface area (Å²) in [4.78, 5) is 25.8. The predicted molar refractivity (Wildman–Crippen MR) is 61.3 cm³/mol. The van der Waals surface area contributed by atoms with Crippen molar-refractivity contribution in [3.63, 3.8) is 0 Å². The molecule has 0 fully saturated rings. The molecule has 0 aliphatic heterocycles. The number of ether oxygens (including phenoxy) is 1. The van der Waals surface area contributed by atoms with Crippen LogP contribution in [-0.2, 0) is 9.53 Å². The van der Waals surface area contributed by atoms with Crippen LogP contribution < -0.4 is 5.32 Å². The predicted octanol–water partition coefficient (Wildman–Crippen LogP) is 0.748. The van der Waals surface area contributed by atoms with E-state index in [1.165, 1.54) is 19.5 Å². The third-order valence-electron chi connectivity index (χ3n) is 1.84. The SMILES string of the molecule is COC(=O)C(Br)CNC(=O)c1ccncc1. The molecule has 0 aromatic carbocycles. The molecule has 86 valence electrons. The number of nitrogens with one attached hydrogen (secondary N) is 1. The van der Waals surface area contributed by atoms with E-state index in [0.717, 1.165) is 0 Å². The van der Waals surface area contributed by atoms with Gasteiger partial charge in [0.05, 0.1) is 7.11 Å². The third-order valence-corrected chi connectivity index (χ3v) is 2.54. The average Bonchev–Trinajstić information content (AvgIpc) is 2.35. The fourth-order valence-electron chi connectivity index (χ4n) is 0.999. The van der Waals surface area contributed by atoms with E-state index in [-0.39, 0.29) is 12.5 Å². The van der Waals surface area contributed by atoms with Crippen LogP contribution in [0, 0.1) is 0 Å². The average molecular weight is 287 g/mol. The molecule has 6 heteroatoms. The zero-order chi connectivity index (χ0) is 12.0. The molecule has 0 radical (unpaired) electrons. The highest BCUT2D eigenvalue weighted by atomic mass is 79.9. The molecular weight excluding hydrogens is 276 g/mol. The number of amides is 1. The number of methoxy groups -OCH3 is 1. The molecule has 0 saturated carbocycles. The highest BCUT2D eigenvalue weighted by Crippen LogP contribution is 2.01. The second-order valence-electron chi connectivity index (χ2n) is 2.94. The lowest BCUT2D eigenvalue weighted by Gasteiger charge is -2.08. The summed E-state index contributed by atoms with van der Waals surface area (Å²) < 4.78 is 4.50. The largest absolute Gasteiger partial charge is 0.468 e. The van der Waals surface area contributed by atoms with Crippen LogP contribution in [0.1, 0.15) is 10.4 Å². The fraction of sp³-hybridized carbons (Fsp3) is 0.300. The fourth-order valence-corrected chi connectivity index (χ4v) is 1.35. The van der Waals surface area contributed by atoms with Gasteiger partial charge in [0.25, 0.3) is 5.91 Å². The van der Waals surface area contributed by atoms with Gasteiger partial charge in [-0.3, -0.25) is 14.6 Å². The molecule has 1 amide bonds. The smallest absolute Gasteiger partial charge is 0.321 e. The van der Waals surface area contributed by atoms with E-state index in [2.05, 4.69) is 31.0 Å². The minimum atomic E-state index is -0.539. The molecule has 0 spiro atoms. The number of hydrogen-bond acceptors (Lipinski definition) is 4. The Kier molecular flexibility index (Phi) is 4.91. The lowest BCUT2D eigenvalue weighted by Crippen LogP contribution is -2.33. The maximum atomic E-state index is 11.5. The lowest BCUT2D eigenvalue weighted by molar-refractivity contribution is -0.139. The van der Waals surface area contributed by atoms with Crippen molar-refractivity contribution in [2.75, 3.05) is 13.7 Å². The van der Waals surface area contributed by atoms with Crippen LogP contribution >= 0.6 is 15.9 Å². The van der Waals surface area contributed by atoms with Gasteiger partial charge in [-0.25, -0.2) is 0 Å². The highest BCUT2D eigenvalue weighted by molar-refractivity contribution is 9.10. The first kappa shape index (κ1) is 12.6. The van der Waals surface area contributed by atoms with Crippen LogP contribution in [0.4, 0.5) is 0 Å². The van der Waals surface area contributed by atoms with Gasteiger partial charge in [0.1, 0.15) is 4.83 Å². The minimum absolute atomic E-state index is 0.174. The van der Waals surface area contributed by atoms with E-state index in [4.69, 9.17) is 0 Å². The summed E-state index contributed by atoms with van der Waals surface area (Å²) in [6, 6.07) is 3.19. The molecule has 1 aromatic heterocycles. The molecular formula is C10H11BrN2O3. The maximum Gasteiger partial charge on any atom is 0.321 e. The Morgan fingerprint density at radius 1 is 1.50 bits per heavy atom. The summed E-state index contributed by atoms with van der Waals surface area (Å²) in [6.07, 6.45) is 3.06. The molecule has 1 N–H and O–H groups in total. The summed E-state index contributed by atoms with van der Waals surface area (Å²) in [5.41, 5.74) is 0.500. The van der Waals surface area contributed by atoms with Gasteiger partial charge in [-0.2, -0.15) is 0 Å². The van der Waals surface area contributed by atoms with Crippen LogP contribution in [0.2, 0.25) is 0 Å². The highest BCUT2D eigenvalue weighted by Gasteiger charge is 2.16. The molecule has 0 aliphatic rings. The van der Waals surface area contributed by atoms with Crippen molar-refractivity contribution in [3.05, 3.63) is 30.1 Å². The van der Waals surface area contributed by atoms with Gasteiger partial charge < -0.3 is 10.1 Å². The number of rotatable bonds is 4. The standard InChI is InChI=1S/C10H11BrN2O3/c1-16-10(15)8(11)6-13-9(14)7-2-4-12-5-3-7/h2-5,8H,6H2,1H3,(H,13,14). The topological polar surface area (TPSA) is 68.3 Å². The Hall–Kier alpha value is -1.43. The van der Waals surface area contributed by atoms with E-state index in [9.17, 15) is 9.59 Å². The lowest BCUT2D eigenvalue weighted by atomic mass is 10.2. The molecule has 5 nitrogen and oxygen atoms in total. The number of pyridine rings is 1. The molecule has 0 aliphatic carbocycles. The summed E-state index contributed by atoms with van der Waals surface area (Å²) in [5.74, 6) is -0.675. The van der Waals surface area contributed by atoms with Crippen molar-refractivity contribution in [1.29, 1.82) is 0 Å². The van der Waals surface area contributed by atoms with Crippen LogP contribution in [0.3, 0.4) is 0 Å². The number of aromatic nitrogens is 1. The van der Waals surface area contributed by atoms with E-state index in [1.54, 1.807) is 12.1 Å². The maximum absolute atomic E-state index is 11.5. The second kappa shape index (κ2) is 6.22. The van der Waals surface area contributed by atoms with Crippen LogP contribution in [0.5, 0.6) is 0 Å². The zero-order valence-corrected chi connectivity index (χ0v) is 10.2. The number of alkyl halides is 1. The first-order chi connectivity index (χ1) is 7.65. The molecule has 0 saturated heterocycles. The summed E-state index contributed by atoms with van der Waals surface area (Å²) >= 11 is 3.10. The van der Waals surface area contributed by atoms with E-state index < -0.39 is 10.8 Å². The number of esters is 1. The number of halogens is 1. The Morgan fingerprint density at radius 3 is 2.69 bits per heavy atom. The first-order valence-corrected chi connectivity index (χ1v) is 5.47. The Bertz CT molecular complexity index is 370. The Balaban J connectivity index is 2.45. The van der Waals surface area contributed by atoms with Crippen molar-refractivity contribution in [2.45, 2.75) is 4.83 Å². The van der Waals surface area contributed by atoms with E-state index >= 15 is 0 Å². The van der Waals surface area contributed by atoms with Crippen molar-refractivity contribution in [1.82, 2.24) is 10.3 Å². The van der Waals surface area contributed by atoms with E-state index in [1.807, 2.05) is 0 Å². The molecule has 1 atom stereocenters.